The van der Waals surface area contributed by atoms with E-state index in [-0.39, 0.29) is 5.56 Å². The molecule has 1 fully saturated rings. The van der Waals surface area contributed by atoms with Crippen molar-refractivity contribution >= 4 is 22.5 Å². The fourth-order valence-corrected chi connectivity index (χ4v) is 2.13. The summed E-state index contributed by atoms with van der Waals surface area (Å²) in [6.07, 6.45) is 1.75. The molecule has 1 aromatic heterocycles. The first-order chi connectivity index (χ1) is 7.58. The van der Waals surface area contributed by atoms with Gasteiger partial charge in [0.05, 0.1) is 0 Å². The van der Waals surface area contributed by atoms with Crippen LogP contribution >= 0.6 is 11.6 Å². The van der Waals surface area contributed by atoms with Gasteiger partial charge in [-0.15, -0.1) is 0 Å². The van der Waals surface area contributed by atoms with Crippen LogP contribution in [-0.4, -0.2) is 4.98 Å². The van der Waals surface area contributed by atoms with Crippen LogP contribution in [0.15, 0.2) is 29.1 Å². The van der Waals surface area contributed by atoms with E-state index >= 15 is 0 Å². The smallest absolute Gasteiger partial charge is 0.253 e. The van der Waals surface area contributed by atoms with Crippen molar-refractivity contribution in [1.82, 2.24) is 4.98 Å². The lowest BCUT2D eigenvalue weighted by molar-refractivity contribution is 0.728. The molecule has 1 heterocycles. The minimum Gasteiger partial charge on any atom is -0.322 e. The van der Waals surface area contributed by atoms with E-state index in [4.69, 9.17) is 17.3 Å². The summed E-state index contributed by atoms with van der Waals surface area (Å²) in [7, 11) is 0. The number of fused-ring (bicyclic) bond motifs is 1. The Bertz CT molecular complexity index is 628. The molecular formula is C12H11ClN2O. The van der Waals surface area contributed by atoms with Crippen LogP contribution in [-0.2, 0) is 5.54 Å². The maximum Gasteiger partial charge on any atom is 0.253 e. The van der Waals surface area contributed by atoms with Crippen molar-refractivity contribution in [2.45, 2.75) is 18.4 Å². The molecule has 0 bridgehead atoms. The molecule has 0 amide bonds. The third-order valence-corrected chi connectivity index (χ3v) is 3.37. The second-order valence-electron chi connectivity index (χ2n) is 4.40. The van der Waals surface area contributed by atoms with Gasteiger partial charge >= 0.3 is 0 Å². The quantitative estimate of drug-likeness (QED) is 0.794. The third kappa shape index (κ3) is 1.44. The van der Waals surface area contributed by atoms with Gasteiger partial charge in [0.1, 0.15) is 0 Å². The summed E-state index contributed by atoms with van der Waals surface area (Å²) in [6, 6.07) is 7.25. The molecule has 1 saturated carbocycles. The van der Waals surface area contributed by atoms with Crippen LogP contribution in [0.5, 0.6) is 0 Å². The number of pyridine rings is 1. The number of hydrogen-bond acceptors (Lipinski definition) is 2. The highest BCUT2D eigenvalue weighted by Crippen LogP contribution is 2.41. The first-order valence-electron chi connectivity index (χ1n) is 5.20. The number of H-pyrrole nitrogens is 1. The van der Waals surface area contributed by atoms with Gasteiger partial charge in [0.15, 0.2) is 0 Å². The number of halogens is 1. The topological polar surface area (TPSA) is 58.9 Å². The fourth-order valence-electron chi connectivity index (χ4n) is 1.95. The van der Waals surface area contributed by atoms with Crippen LogP contribution < -0.4 is 11.3 Å². The first-order valence-corrected chi connectivity index (χ1v) is 5.58. The molecule has 1 aliphatic carbocycles. The molecule has 1 aliphatic rings. The van der Waals surface area contributed by atoms with Crippen molar-refractivity contribution in [2.24, 2.45) is 5.73 Å². The van der Waals surface area contributed by atoms with E-state index in [0.717, 1.165) is 23.7 Å². The standard InChI is InChI=1S/C12H11ClN2O/c13-8-1-2-10-7(5-8)6-9(11(16)15-10)12(14)3-4-12/h1-2,5-6H,3-4,14H2,(H,15,16). The van der Waals surface area contributed by atoms with Crippen LogP contribution in [0.25, 0.3) is 10.9 Å². The lowest BCUT2D eigenvalue weighted by atomic mass is 10.1. The molecule has 82 valence electrons. The molecule has 0 spiro atoms. The van der Waals surface area contributed by atoms with E-state index in [2.05, 4.69) is 4.98 Å². The van der Waals surface area contributed by atoms with Crippen molar-refractivity contribution in [3.63, 3.8) is 0 Å². The Morgan fingerprint density at radius 3 is 2.75 bits per heavy atom. The number of aromatic nitrogens is 1. The Morgan fingerprint density at radius 2 is 2.06 bits per heavy atom. The second kappa shape index (κ2) is 3.09. The van der Waals surface area contributed by atoms with Crippen LogP contribution in [0.2, 0.25) is 5.02 Å². The van der Waals surface area contributed by atoms with E-state index in [0.29, 0.717) is 10.6 Å². The number of hydrogen-bond donors (Lipinski definition) is 2. The Kier molecular flexibility index (Phi) is 1.91. The van der Waals surface area contributed by atoms with Crippen LogP contribution in [0.1, 0.15) is 18.4 Å². The lowest BCUT2D eigenvalue weighted by Crippen LogP contribution is -2.28. The fraction of sp³-hybridized carbons (Fsp3) is 0.250. The molecule has 16 heavy (non-hydrogen) atoms. The molecule has 1 aromatic carbocycles. The number of rotatable bonds is 1. The Balaban J connectivity index is 2.31. The van der Waals surface area contributed by atoms with Gasteiger partial charge < -0.3 is 10.7 Å². The summed E-state index contributed by atoms with van der Waals surface area (Å²) in [4.78, 5) is 14.7. The summed E-state index contributed by atoms with van der Waals surface area (Å²) < 4.78 is 0. The number of nitrogens with one attached hydrogen (secondary N) is 1. The van der Waals surface area contributed by atoms with Gasteiger partial charge in [-0.3, -0.25) is 4.79 Å². The Hall–Kier alpha value is -1.32. The lowest BCUT2D eigenvalue weighted by Gasteiger charge is -2.09. The van der Waals surface area contributed by atoms with Crippen molar-refractivity contribution in [3.05, 3.63) is 45.2 Å². The Labute approximate surface area is 97.2 Å². The largest absolute Gasteiger partial charge is 0.322 e. The number of nitrogens with two attached hydrogens (primary N) is 1. The minimum atomic E-state index is -0.413. The third-order valence-electron chi connectivity index (χ3n) is 3.13. The molecule has 2 aromatic rings. The summed E-state index contributed by atoms with van der Waals surface area (Å²) in [5.74, 6) is 0. The van der Waals surface area contributed by atoms with Crippen molar-refractivity contribution in [2.75, 3.05) is 0 Å². The van der Waals surface area contributed by atoms with Gasteiger partial charge in [-0.2, -0.15) is 0 Å². The normalized spacial score (nSPS) is 17.6. The van der Waals surface area contributed by atoms with E-state index in [1.165, 1.54) is 0 Å². The highest BCUT2D eigenvalue weighted by Gasteiger charge is 2.42. The molecule has 0 saturated heterocycles. The van der Waals surface area contributed by atoms with Crippen LogP contribution in [0.4, 0.5) is 0 Å². The zero-order valence-electron chi connectivity index (χ0n) is 8.59. The predicted octanol–water partition coefficient (Wildman–Crippen LogP) is 2.13. The molecule has 3 rings (SSSR count). The van der Waals surface area contributed by atoms with Gasteiger partial charge in [0.2, 0.25) is 0 Å². The molecule has 3 N–H and O–H groups in total. The van der Waals surface area contributed by atoms with Gasteiger partial charge in [-0.05, 0) is 37.1 Å². The molecule has 3 nitrogen and oxygen atoms in total. The van der Waals surface area contributed by atoms with E-state index in [9.17, 15) is 4.79 Å². The summed E-state index contributed by atoms with van der Waals surface area (Å²) >= 11 is 5.92. The summed E-state index contributed by atoms with van der Waals surface area (Å²) in [5.41, 5.74) is 7.01. The van der Waals surface area contributed by atoms with Gasteiger partial charge in [-0.25, -0.2) is 0 Å². The molecule has 4 heteroatoms. The summed E-state index contributed by atoms with van der Waals surface area (Å²) in [5, 5.41) is 1.59. The zero-order chi connectivity index (χ0) is 11.3. The second-order valence-corrected chi connectivity index (χ2v) is 4.84. The van der Waals surface area contributed by atoms with Gasteiger partial charge in [-0.1, -0.05) is 11.6 Å². The molecule has 0 radical (unpaired) electrons. The van der Waals surface area contributed by atoms with Crippen molar-refractivity contribution in [1.29, 1.82) is 0 Å². The SMILES string of the molecule is NC1(c2cc3cc(Cl)ccc3[nH]c2=O)CC1. The van der Waals surface area contributed by atoms with Crippen LogP contribution in [0.3, 0.4) is 0 Å². The average molecular weight is 235 g/mol. The monoisotopic (exact) mass is 234 g/mol. The van der Waals surface area contributed by atoms with E-state index in [1.807, 2.05) is 12.1 Å². The van der Waals surface area contributed by atoms with Crippen molar-refractivity contribution in [3.8, 4) is 0 Å². The number of benzene rings is 1. The van der Waals surface area contributed by atoms with Gasteiger partial charge in [0, 0.05) is 27.0 Å². The maximum atomic E-state index is 11.8. The number of aromatic amines is 1. The molecular weight excluding hydrogens is 224 g/mol. The van der Waals surface area contributed by atoms with Crippen LogP contribution in [0, 0.1) is 0 Å². The maximum absolute atomic E-state index is 11.8. The predicted molar refractivity (Wildman–Crippen MR) is 64.7 cm³/mol. The first kappa shape index (κ1) is 9.87. The average Bonchev–Trinajstić information content (AvgIpc) is 2.97. The zero-order valence-corrected chi connectivity index (χ0v) is 9.34. The highest BCUT2D eigenvalue weighted by molar-refractivity contribution is 6.31. The van der Waals surface area contributed by atoms with Crippen molar-refractivity contribution < 1.29 is 0 Å². The van der Waals surface area contributed by atoms with Gasteiger partial charge in [0.25, 0.3) is 5.56 Å². The van der Waals surface area contributed by atoms with E-state index < -0.39 is 5.54 Å². The highest BCUT2D eigenvalue weighted by atomic mass is 35.5. The molecule has 0 unspecified atom stereocenters. The Morgan fingerprint density at radius 1 is 1.31 bits per heavy atom. The molecule has 0 aliphatic heterocycles. The summed E-state index contributed by atoms with van der Waals surface area (Å²) in [6.45, 7) is 0. The molecule has 0 atom stereocenters. The van der Waals surface area contributed by atoms with E-state index in [1.54, 1.807) is 12.1 Å². The minimum absolute atomic E-state index is 0.0881.